The highest BCUT2D eigenvalue weighted by Gasteiger charge is 2.47. The highest BCUT2D eigenvalue weighted by Crippen LogP contribution is 2.37. The van der Waals surface area contributed by atoms with Crippen LogP contribution in [-0.2, 0) is 23.7 Å². The Balaban J connectivity index is 2.26. The summed E-state index contributed by atoms with van der Waals surface area (Å²) in [7, 11) is 7.09. The summed E-state index contributed by atoms with van der Waals surface area (Å²) < 4.78 is 23.5. The fraction of sp³-hybridized carbons (Fsp3) is 0.771. The van der Waals surface area contributed by atoms with Gasteiger partial charge in [-0.2, -0.15) is 0 Å². The van der Waals surface area contributed by atoms with E-state index < -0.39 is 47.7 Å². The molecular weight excluding hydrogens is 592 g/mol. The van der Waals surface area contributed by atoms with Gasteiger partial charge in [0.25, 0.3) is 0 Å². The molecule has 2 heterocycles. The molecule has 46 heavy (non-hydrogen) atoms. The topological polar surface area (TPSA) is 142 Å². The number of esters is 1. The first-order valence-electron chi connectivity index (χ1n) is 16.5. The number of hydrogen-bond donors (Lipinski definition) is 3. The first-order chi connectivity index (χ1) is 21.4. The van der Waals surface area contributed by atoms with Gasteiger partial charge in [0.2, 0.25) is 0 Å². The van der Waals surface area contributed by atoms with Gasteiger partial charge in [0.05, 0.1) is 36.4 Å². The molecule has 1 saturated heterocycles. The van der Waals surface area contributed by atoms with Crippen LogP contribution in [0.1, 0.15) is 73.6 Å². The first-order valence-corrected chi connectivity index (χ1v) is 16.5. The molecule has 0 aromatic carbocycles. The zero-order chi connectivity index (χ0) is 34.8. The lowest BCUT2D eigenvalue weighted by molar-refractivity contribution is -0.151. The molecule has 264 valence electrons. The highest BCUT2D eigenvalue weighted by molar-refractivity contribution is 5.70. The minimum absolute atomic E-state index is 0.00498. The maximum atomic E-state index is 13.0. The van der Waals surface area contributed by atoms with Crippen LogP contribution in [0.25, 0.3) is 0 Å². The van der Waals surface area contributed by atoms with Crippen LogP contribution in [0.3, 0.4) is 0 Å². The molecular formula is C35H60N2O9. The second-order valence-corrected chi connectivity index (χ2v) is 13.9. The summed E-state index contributed by atoms with van der Waals surface area (Å²) in [6.45, 7) is 12.3. The largest absolute Gasteiger partial charge is 0.457 e. The lowest BCUT2D eigenvalue weighted by Crippen LogP contribution is -2.46. The van der Waals surface area contributed by atoms with E-state index in [1.54, 1.807) is 45.4 Å². The van der Waals surface area contributed by atoms with Gasteiger partial charge in [0.1, 0.15) is 11.7 Å². The number of aliphatic hydroxyl groups is 3. The number of allylic oxidation sites excluding steroid dienone is 2. The molecule has 10 unspecified atom stereocenters. The van der Waals surface area contributed by atoms with E-state index in [1.807, 2.05) is 59.7 Å². The minimum atomic E-state index is -1.15. The molecule has 2 aliphatic rings. The van der Waals surface area contributed by atoms with Crippen molar-refractivity contribution in [1.82, 2.24) is 9.80 Å². The van der Waals surface area contributed by atoms with Crippen LogP contribution in [0.15, 0.2) is 36.0 Å². The molecule has 1 amide bonds. The molecule has 0 radical (unpaired) electrons. The van der Waals surface area contributed by atoms with Crippen molar-refractivity contribution >= 4 is 12.1 Å². The van der Waals surface area contributed by atoms with Crippen LogP contribution < -0.4 is 0 Å². The van der Waals surface area contributed by atoms with Crippen molar-refractivity contribution in [3.8, 4) is 0 Å². The molecule has 11 heteroatoms. The summed E-state index contributed by atoms with van der Waals surface area (Å²) in [5, 5.41) is 31.8. The fourth-order valence-corrected chi connectivity index (χ4v) is 5.65. The second-order valence-electron chi connectivity index (χ2n) is 13.9. The van der Waals surface area contributed by atoms with Gasteiger partial charge in [-0.3, -0.25) is 4.79 Å². The number of hydrogen-bond acceptors (Lipinski definition) is 10. The van der Waals surface area contributed by atoms with E-state index in [9.17, 15) is 24.9 Å². The van der Waals surface area contributed by atoms with E-state index in [1.165, 1.54) is 4.90 Å². The molecule has 3 N–H and O–H groups in total. The Bertz CT molecular complexity index is 1070. The Labute approximate surface area is 276 Å². The molecule has 0 aromatic rings. The van der Waals surface area contributed by atoms with Crippen LogP contribution in [0.2, 0.25) is 0 Å². The van der Waals surface area contributed by atoms with E-state index in [4.69, 9.17) is 18.9 Å². The predicted octanol–water partition coefficient (Wildman–Crippen LogP) is 3.86. The van der Waals surface area contributed by atoms with Gasteiger partial charge < -0.3 is 44.1 Å². The molecule has 11 nitrogen and oxygen atoms in total. The first kappa shape index (κ1) is 39.9. The monoisotopic (exact) mass is 652 g/mol. The summed E-state index contributed by atoms with van der Waals surface area (Å²) in [5.41, 5.74) is -1.37. The Morgan fingerprint density at radius 3 is 2.54 bits per heavy atom. The predicted molar refractivity (Wildman–Crippen MR) is 177 cm³/mol. The van der Waals surface area contributed by atoms with Crippen LogP contribution in [0.4, 0.5) is 4.79 Å². The van der Waals surface area contributed by atoms with E-state index in [2.05, 4.69) is 0 Å². The maximum absolute atomic E-state index is 13.0. The fourth-order valence-electron chi connectivity index (χ4n) is 5.65. The molecule has 0 bridgehead atoms. The summed E-state index contributed by atoms with van der Waals surface area (Å²) in [6.07, 6.45) is 6.75. The van der Waals surface area contributed by atoms with Gasteiger partial charge in [0, 0.05) is 45.5 Å². The van der Waals surface area contributed by atoms with Gasteiger partial charge in [-0.25, -0.2) is 4.79 Å². The zero-order valence-electron chi connectivity index (χ0n) is 29.6. The third-order valence-corrected chi connectivity index (χ3v) is 9.23. The smallest absolute Gasteiger partial charge is 0.410 e. The van der Waals surface area contributed by atoms with Gasteiger partial charge in [0.15, 0.2) is 6.10 Å². The summed E-state index contributed by atoms with van der Waals surface area (Å²) in [6, 6.07) is 0. The minimum Gasteiger partial charge on any atom is -0.457 e. The van der Waals surface area contributed by atoms with E-state index in [0.717, 1.165) is 5.57 Å². The van der Waals surface area contributed by atoms with Crippen molar-refractivity contribution in [1.29, 1.82) is 0 Å². The van der Waals surface area contributed by atoms with Crippen LogP contribution in [0, 0.1) is 11.8 Å². The molecule has 10 atom stereocenters. The quantitative estimate of drug-likeness (QED) is 0.116. The SMILES string of the molecule is CCC(O)C(C)C1OC1CC(C)(O)C=CC=C(C)C1OC(=O)CC(O)CCC(C)(OC)C(OC(=O)N(C)CCN(C)C)C=CC1C. The number of carbonyl (C=O) groups is 2. The zero-order valence-corrected chi connectivity index (χ0v) is 29.6. The lowest BCUT2D eigenvalue weighted by Gasteiger charge is -2.36. The third kappa shape index (κ3) is 12.4. The molecule has 0 aromatic heterocycles. The molecule has 0 aliphatic carbocycles. The van der Waals surface area contributed by atoms with E-state index in [0.29, 0.717) is 32.4 Å². The number of cyclic esters (lactones) is 1. The van der Waals surface area contributed by atoms with Gasteiger partial charge in [-0.05, 0) is 65.8 Å². The van der Waals surface area contributed by atoms with Crippen molar-refractivity contribution < 1.29 is 43.9 Å². The number of nitrogens with zero attached hydrogens (tertiary/aromatic N) is 2. The number of likely N-dealkylation sites (N-methyl/N-ethyl adjacent to an activating group) is 2. The second kappa shape index (κ2) is 17.8. The third-order valence-electron chi connectivity index (χ3n) is 9.23. The van der Waals surface area contributed by atoms with Crippen LogP contribution in [0.5, 0.6) is 0 Å². The molecule has 0 saturated carbocycles. The number of rotatable bonds is 13. The van der Waals surface area contributed by atoms with Gasteiger partial charge in [-0.15, -0.1) is 0 Å². The standard InChI is InChI=1S/C35H60N2O9/c1-11-27(39)25(4)32-28(44-32)22-34(5,42)17-12-13-23(2)31-24(3)14-15-29(45-33(41)37(9)20-19-36(7)8)35(6,43-10)18-16-26(38)21-30(40)46-31/h12-15,17,24-29,31-32,38-39,42H,11,16,18-22H2,1-10H3. The van der Waals surface area contributed by atoms with Gasteiger partial charge in [-0.1, -0.05) is 45.1 Å². The molecule has 2 rings (SSSR count). The van der Waals surface area contributed by atoms with Crippen molar-refractivity contribution in [2.24, 2.45) is 11.8 Å². The summed E-state index contributed by atoms with van der Waals surface area (Å²) in [4.78, 5) is 29.4. The van der Waals surface area contributed by atoms with Crippen LogP contribution in [-0.4, -0.2) is 126 Å². The Kier molecular flexibility index (Phi) is 15.4. The van der Waals surface area contributed by atoms with Crippen molar-refractivity contribution in [3.05, 3.63) is 36.0 Å². The number of aliphatic hydroxyl groups excluding tert-OH is 2. The highest BCUT2D eigenvalue weighted by atomic mass is 16.6. The van der Waals surface area contributed by atoms with E-state index in [-0.39, 0.29) is 36.9 Å². The number of carbonyl (C=O) groups excluding carboxylic acids is 2. The number of ether oxygens (including phenoxy) is 4. The Hall–Kier alpha value is -2.28. The maximum Gasteiger partial charge on any atom is 0.410 e. The van der Waals surface area contributed by atoms with E-state index >= 15 is 0 Å². The Morgan fingerprint density at radius 2 is 1.93 bits per heavy atom. The van der Waals surface area contributed by atoms with Gasteiger partial charge >= 0.3 is 12.1 Å². The number of methoxy groups -OCH3 is 1. The van der Waals surface area contributed by atoms with Crippen LogP contribution >= 0.6 is 0 Å². The summed E-state index contributed by atoms with van der Waals surface area (Å²) >= 11 is 0. The van der Waals surface area contributed by atoms with Crippen molar-refractivity contribution in [2.75, 3.05) is 41.3 Å². The molecule has 1 fully saturated rings. The number of epoxide rings is 1. The summed E-state index contributed by atoms with van der Waals surface area (Å²) in [5.74, 6) is -0.854. The average molecular weight is 653 g/mol. The molecule has 2 aliphatic heterocycles. The number of amides is 1. The Morgan fingerprint density at radius 1 is 1.26 bits per heavy atom. The lowest BCUT2D eigenvalue weighted by atomic mass is 9.88. The average Bonchev–Trinajstić information content (AvgIpc) is 3.75. The van der Waals surface area contributed by atoms with Crippen molar-refractivity contribution in [2.45, 2.75) is 121 Å². The normalized spacial score (nSPS) is 32.2. The molecule has 0 spiro atoms. The van der Waals surface area contributed by atoms with Crippen molar-refractivity contribution in [3.63, 3.8) is 0 Å².